The zero-order valence-corrected chi connectivity index (χ0v) is 22.5. The van der Waals surface area contributed by atoms with Gasteiger partial charge in [0.2, 0.25) is 0 Å². The minimum absolute atomic E-state index is 0.136. The monoisotopic (exact) mass is 498 g/mol. The molecular weight excluding hydrogens is 458 g/mol. The summed E-state index contributed by atoms with van der Waals surface area (Å²) in [4.78, 5) is 0. The van der Waals surface area contributed by atoms with Crippen molar-refractivity contribution < 1.29 is 8.78 Å². The summed E-state index contributed by atoms with van der Waals surface area (Å²) in [5.41, 5.74) is 5.03. The summed E-state index contributed by atoms with van der Waals surface area (Å²) in [5, 5.41) is 0. The van der Waals surface area contributed by atoms with Gasteiger partial charge in [-0.05, 0) is 96.9 Å². The van der Waals surface area contributed by atoms with Crippen LogP contribution < -0.4 is 0 Å². The van der Waals surface area contributed by atoms with Crippen LogP contribution in [0.15, 0.2) is 60.7 Å². The maximum atomic E-state index is 14.9. The van der Waals surface area contributed by atoms with Crippen molar-refractivity contribution in [3.8, 4) is 23.0 Å². The largest absolute Gasteiger partial charge is 0.206 e. The Hall–Kier alpha value is -2.92. The van der Waals surface area contributed by atoms with Crippen LogP contribution in [0.2, 0.25) is 0 Å². The summed E-state index contributed by atoms with van der Waals surface area (Å²) >= 11 is 0. The number of rotatable bonds is 9. The predicted molar refractivity (Wildman–Crippen MR) is 152 cm³/mol. The standard InChI is InChI=1S/C35H40F2/c1-3-5-7-9-27-10-17-29(18-11-27)30-19-14-28(15-20-30)16-23-33-34(36)24-32(25-35(33)37)31-21-12-26(13-22-31)8-6-4-2/h10-11,14-15,17-20,24-26,31H,3-9,12-13,21-22H2,1-2H3. The number of hydrogen-bond donors (Lipinski definition) is 0. The van der Waals surface area contributed by atoms with Gasteiger partial charge in [-0.3, -0.25) is 0 Å². The molecule has 37 heavy (non-hydrogen) atoms. The van der Waals surface area contributed by atoms with Crippen LogP contribution in [0.25, 0.3) is 11.1 Å². The van der Waals surface area contributed by atoms with E-state index >= 15 is 0 Å². The van der Waals surface area contributed by atoms with E-state index in [1.165, 1.54) is 56.2 Å². The predicted octanol–water partition coefficient (Wildman–Crippen LogP) is 10.2. The van der Waals surface area contributed by atoms with Crippen LogP contribution in [-0.2, 0) is 6.42 Å². The zero-order chi connectivity index (χ0) is 26.0. The second-order valence-corrected chi connectivity index (χ2v) is 10.7. The Morgan fingerprint density at radius 1 is 0.703 bits per heavy atom. The normalized spacial score (nSPS) is 17.3. The molecule has 0 bridgehead atoms. The molecule has 0 nitrogen and oxygen atoms in total. The summed E-state index contributed by atoms with van der Waals surface area (Å²) in [5.74, 6) is 5.63. The average Bonchev–Trinajstić information content (AvgIpc) is 2.92. The molecule has 4 rings (SSSR count). The van der Waals surface area contributed by atoms with Crippen molar-refractivity contribution in [3.05, 3.63) is 94.6 Å². The van der Waals surface area contributed by atoms with Crippen LogP contribution in [0.1, 0.15) is 106 Å². The third kappa shape index (κ3) is 7.54. The van der Waals surface area contributed by atoms with Crippen LogP contribution >= 0.6 is 0 Å². The molecule has 2 heteroatoms. The van der Waals surface area contributed by atoms with Gasteiger partial charge in [-0.15, -0.1) is 0 Å². The summed E-state index contributed by atoms with van der Waals surface area (Å²) in [6, 6.07) is 19.6. The highest BCUT2D eigenvalue weighted by molar-refractivity contribution is 5.65. The first-order chi connectivity index (χ1) is 18.1. The summed E-state index contributed by atoms with van der Waals surface area (Å²) in [6.45, 7) is 4.45. The van der Waals surface area contributed by atoms with Gasteiger partial charge < -0.3 is 0 Å². The Labute approximate surface area is 222 Å². The van der Waals surface area contributed by atoms with E-state index in [1.807, 2.05) is 24.3 Å². The van der Waals surface area contributed by atoms with Gasteiger partial charge in [0.1, 0.15) is 11.6 Å². The van der Waals surface area contributed by atoms with E-state index in [9.17, 15) is 8.78 Å². The fraction of sp³-hybridized carbons (Fsp3) is 0.429. The lowest BCUT2D eigenvalue weighted by Crippen LogP contribution is -2.14. The van der Waals surface area contributed by atoms with E-state index in [-0.39, 0.29) is 11.5 Å². The fourth-order valence-electron chi connectivity index (χ4n) is 5.55. The van der Waals surface area contributed by atoms with Gasteiger partial charge in [0.15, 0.2) is 0 Å². The third-order valence-electron chi connectivity index (χ3n) is 7.92. The SMILES string of the molecule is CCCCCc1ccc(-c2ccc(C#Cc3c(F)cc(C4CCC(CCCC)CC4)cc3F)cc2)cc1. The molecule has 1 saturated carbocycles. The number of unbranched alkanes of at least 4 members (excludes halogenated alkanes) is 3. The van der Waals surface area contributed by atoms with Crippen LogP contribution in [0.4, 0.5) is 8.78 Å². The molecule has 0 aromatic heterocycles. The lowest BCUT2D eigenvalue weighted by molar-refractivity contribution is 0.303. The van der Waals surface area contributed by atoms with Crippen molar-refractivity contribution >= 4 is 0 Å². The maximum absolute atomic E-state index is 14.9. The minimum Gasteiger partial charge on any atom is -0.206 e. The summed E-state index contributed by atoms with van der Waals surface area (Å²) in [6.07, 6.45) is 13.0. The molecule has 3 aromatic rings. The van der Waals surface area contributed by atoms with E-state index in [2.05, 4.69) is 50.0 Å². The van der Waals surface area contributed by atoms with Gasteiger partial charge in [-0.2, -0.15) is 0 Å². The van der Waals surface area contributed by atoms with Crippen LogP contribution in [0, 0.1) is 29.4 Å². The number of benzene rings is 3. The molecular formula is C35H40F2. The summed E-state index contributed by atoms with van der Waals surface area (Å²) < 4.78 is 29.8. The number of aryl methyl sites for hydroxylation is 1. The van der Waals surface area contributed by atoms with Gasteiger partial charge in [0.25, 0.3) is 0 Å². The average molecular weight is 499 g/mol. The van der Waals surface area contributed by atoms with E-state index in [0.717, 1.165) is 60.3 Å². The first kappa shape index (κ1) is 27.1. The Morgan fingerprint density at radius 3 is 1.89 bits per heavy atom. The lowest BCUT2D eigenvalue weighted by Gasteiger charge is -2.29. The number of halogens is 2. The highest BCUT2D eigenvalue weighted by Crippen LogP contribution is 2.38. The van der Waals surface area contributed by atoms with Crippen LogP contribution in [0.3, 0.4) is 0 Å². The number of hydrogen-bond acceptors (Lipinski definition) is 0. The first-order valence-corrected chi connectivity index (χ1v) is 14.3. The van der Waals surface area contributed by atoms with Crippen molar-refractivity contribution in [2.45, 2.75) is 90.4 Å². The van der Waals surface area contributed by atoms with Crippen LogP contribution in [-0.4, -0.2) is 0 Å². The molecule has 0 heterocycles. The molecule has 0 radical (unpaired) electrons. The molecule has 0 saturated heterocycles. The van der Waals surface area contributed by atoms with E-state index < -0.39 is 11.6 Å². The molecule has 0 amide bonds. The van der Waals surface area contributed by atoms with Gasteiger partial charge in [-0.1, -0.05) is 94.2 Å². The topological polar surface area (TPSA) is 0 Å². The molecule has 0 unspecified atom stereocenters. The Morgan fingerprint density at radius 2 is 1.30 bits per heavy atom. The van der Waals surface area contributed by atoms with Crippen molar-refractivity contribution in [2.24, 2.45) is 5.92 Å². The van der Waals surface area contributed by atoms with E-state index in [4.69, 9.17) is 0 Å². The molecule has 1 aliphatic carbocycles. The van der Waals surface area contributed by atoms with E-state index in [1.54, 1.807) is 0 Å². The second kappa shape index (κ2) is 13.6. The molecule has 0 atom stereocenters. The van der Waals surface area contributed by atoms with Gasteiger partial charge in [0.05, 0.1) is 5.56 Å². The first-order valence-electron chi connectivity index (χ1n) is 14.3. The fourth-order valence-corrected chi connectivity index (χ4v) is 5.55. The van der Waals surface area contributed by atoms with Crippen molar-refractivity contribution in [1.29, 1.82) is 0 Å². The van der Waals surface area contributed by atoms with Gasteiger partial charge >= 0.3 is 0 Å². The molecule has 3 aromatic carbocycles. The molecule has 0 N–H and O–H groups in total. The quantitative estimate of drug-likeness (QED) is 0.203. The molecule has 1 aliphatic rings. The van der Waals surface area contributed by atoms with Crippen LogP contribution in [0.5, 0.6) is 0 Å². The second-order valence-electron chi connectivity index (χ2n) is 10.7. The highest BCUT2D eigenvalue weighted by Gasteiger charge is 2.23. The lowest BCUT2D eigenvalue weighted by atomic mass is 9.77. The summed E-state index contributed by atoms with van der Waals surface area (Å²) in [7, 11) is 0. The minimum atomic E-state index is -0.550. The smallest absolute Gasteiger partial charge is 0.142 e. The van der Waals surface area contributed by atoms with Crippen molar-refractivity contribution in [2.75, 3.05) is 0 Å². The Bertz CT molecular complexity index is 1160. The van der Waals surface area contributed by atoms with Gasteiger partial charge in [-0.25, -0.2) is 8.78 Å². The molecule has 1 fully saturated rings. The Balaban J connectivity index is 1.39. The van der Waals surface area contributed by atoms with Crippen molar-refractivity contribution in [1.82, 2.24) is 0 Å². The molecule has 194 valence electrons. The Kier molecular flexibility index (Phi) is 9.95. The maximum Gasteiger partial charge on any atom is 0.142 e. The highest BCUT2D eigenvalue weighted by atomic mass is 19.1. The van der Waals surface area contributed by atoms with Crippen molar-refractivity contribution in [3.63, 3.8) is 0 Å². The molecule has 0 spiro atoms. The van der Waals surface area contributed by atoms with Gasteiger partial charge in [0, 0.05) is 5.56 Å². The zero-order valence-electron chi connectivity index (χ0n) is 22.5. The third-order valence-corrected chi connectivity index (χ3v) is 7.92. The molecule has 0 aliphatic heterocycles. The van der Waals surface area contributed by atoms with E-state index in [0.29, 0.717) is 0 Å².